The molecule has 1 heterocycles. The predicted octanol–water partition coefficient (Wildman–Crippen LogP) is 5.95. The van der Waals surface area contributed by atoms with Crippen molar-refractivity contribution in [2.45, 2.75) is 89.2 Å². The van der Waals surface area contributed by atoms with Crippen LogP contribution in [0.2, 0.25) is 0 Å². The quantitative estimate of drug-likeness (QED) is 0.486. The average molecular weight is 451 g/mol. The summed E-state index contributed by atoms with van der Waals surface area (Å²) in [4.78, 5) is 25.3. The molecule has 8 atom stereocenters. The lowest BCUT2D eigenvalue weighted by atomic mass is 9.44. The van der Waals surface area contributed by atoms with Crippen molar-refractivity contribution in [3.8, 4) is 0 Å². The number of ether oxygens (including phenoxy) is 1. The number of hydrogen-bond donors (Lipinski definition) is 0. The van der Waals surface area contributed by atoms with Crippen LogP contribution in [-0.2, 0) is 14.3 Å². The highest BCUT2D eigenvalue weighted by atomic mass is 32.2. The Hall–Kier alpha value is -0.160. The summed E-state index contributed by atoms with van der Waals surface area (Å²) in [7, 11) is 0. The van der Waals surface area contributed by atoms with Gasteiger partial charge in [0.25, 0.3) is 0 Å². The molecular formula is C25H38O3S2. The van der Waals surface area contributed by atoms with Crippen LogP contribution < -0.4 is 0 Å². The van der Waals surface area contributed by atoms with Crippen molar-refractivity contribution in [1.29, 1.82) is 0 Å². The van der Waals surface area contributed by atoms with Gasteiger partial charge in [0.2, 0.25) is 0 Å². The Morgan fingerprint density at radius 2 is 1.73 bits per heavy atom. The van der Waals surface area contributed by atoms with Gasteiger partial charge in [-0.25, -0.2) is 0 Å². The number of fused-ring (bicyclic) bond motifs is 5. The van der Waals surface area contributed by atoms with Crippen LogP contribution in [0.3, 0.4) is 0 Å². The number of carbonyl (C=O) groups is 2. The number of esters is 1. The lowest BCUT2D eigenvalue weighted by Gasteiger charge is -2.60. The third kappa shape index (κ3) is 3.15. The number of hydrogen-bond acceptors (Lipinski definition) is 5. The summed E-state index contributed by atoms with van der Waals surface area (Å²) in [6, 6.07) is 0. The van der Waals surface area contributed by atoms with E-state index >= 15 is 0 Å². The van der Waals surface area contributed by atoms with Crippen molar-refractivity contribution in [2.24, 2.45) is 40.4 Å². The lowest BCUT2D eigenvalue weighted by molar-refractivity contribution is -0.169. The lowest BCUT2D eigenvalue weighted by Crippen LogP contribution is -2.58. The first kappa shape index (κ1) is 21.7. The van der Waals surface area contributed by atoms with Crippen LogP contribution >= 0.6 is 23.5 Å². The first-order valence-corrected chi connectivity index (χ1v) is 14.1. The molecule has 5 heteroatoms. The molecule has 0 aromatic carbocycles. The third-order valence-corrected chi connectivity index (χ3v) is 13.6. The Balaban J connectivity index is 1.40. The van der Waals surface area contributed by atoms with E-state index in [1.807, 2.05) is 0 Å². The standard InChI is InChI=1S/C25H38O3S2/c1-15(26)28-17-9-10-23(2)16(13-17)5-6-18-19-7-8-21(25(4)29-11-12-30-25)24(19,3)14-20(27)22(18)23/h16-19,21-22H,5-14H2,1-4H3/t16?,17-,18?,19?,21?,22?,23?,24?/m1/s1. The van der Waals surface area contributed by atoms with Gasteiger partial charge in [-0.3, -0.25) is 9.59 Å². The Labute approximate surface area is 190 Å². The SMILES string of the molecule is CC(=O)O[C@@H]1CCC2(C)C(CCC3C4CCC(C5(C)SCCS5)C4(C)CC(=O)C32)C1. The maximum atomic E-state index is 13.9. The molecule has 168 valence electrons. The van der Waals surface area contributed by atoms with E-state index in [1.165, 1.54) is 44.1 Å². The topological polar surface area (TPSA) is 43.4 Å². The van der Waals surface area contributed by atoms with Crippen LogP contribution in [0.25, 0.3) is 0 Å². The van der Waals surface area contributed by atoms with Crippen molar-refractivity contribution in [3.05, 3.63) is 0 Å². The Morgan fingerprint density at radius 1 is 1.00 bits per heavy atom. The maximum absolute atomic E-state index is 13.9. The van der Waals surface area contributed by atoms with Crippen LogP contribution in [0.1, 0.15) is 79.1 Å². The van der Waals surface area contributed by atoms with E-state index < -0.39 is 0 Å². The molecule has 0 radical (unpaired) electrons. The highest BCUT2D eigenvalue weighted by Crippen LogP contribution is 2.70. The minimum absolute atomic E-state index is 0.0633. The number of ketones is 1. The normalized spacial score (nSPS) is 49.8. The second-order valence-corrected chi connectivity index (χ2v) is 14.9. The fourth-order valence-corrected chi connectivity index (χ4v) is 12.5. The van der Waals surface area contributed by atoms with E-state index in [-0.39, 0.29) is 28.8 Å². The molecule has 0 N–H and O–H groups in total. The zero-order valence-electron chi connectivity index (χ0n) is 19.1. The molecule has 0 aromatic rings. The van der Waals surface area contributed by atoms with Gasteiger partial charge >= 0.3 is 5.97 Å². The summed E-state index contributed by atoms with van der Waals surface area (Å²) in [5, 5.41) is 0. The van der Waals surface area contributed by atoms with Crippen molar-refractivity contribution in [2.75, 3.05) is 11.5 Å². The van der Waals surface area contributed by atoms with Crippen LogP contribution in [-0.4, -0.2) is 33.4 Å². The molecule has 4 aliphatic carbocycles. The molecule has 0 amide bonds. The molecule has 0 spiro atoms. The van der Waals surface area contributed by atoms with Crippen molar-refractivity contribution >= 4 is 35.3 Å². The van der Waals surface area contributed by atoms with Gasteiger partial charge in [-0.2, -0.15) is 0 Å². The molecule has 1 saturated heterocycles. The van der Waals surface area contributed by atoms with Gasteiger partial charge < -0.3 is 4.74 Å². The number of Topliss-reactive ketones (excluding diaryl/α,β-unsaturated/α-hetero) is 1. The monoisotopic (exact) mass is 450 g/mol. The highest BCUT2D eigenvalue weighted by Gasteiger charge is 2.65. The van der Waals surface area contributed by atoms with Crippen LogP contribution in [0.15, 0.2) is 0 Å². The van der Waals surface area contributed by atoms with Gasteiger partial charge in [0.1, 0.15) is 11.9 Å². The Bertz CT molecular complexity index is 732. The number of rotatable bonds is 2. The summed E-state index contributed by atoms with van der Waals surface area (Å²) in [6.07, 6.45) is 8.84. The molecule has 5 fully saturated rings. The zero-order chi connectivity index (χ0) is 21.3. The molecule has 7 unspecified atom stereocenters. The molecule has 30 heavy (non-hydrogen) atoms. The molecule has 0 bridgehead atoms. The molecular weight excluding hydrogens is 412 g/mol. The minimum atomic E-state index is -0.157. The largest absolute Gasteiger partial charge is 0.463 e. The van der Waals surface area contributed by atoms with Crippen molar-refractivity contribution in [3.63, 3.8) is 0 Å². The van der Waals surface area contributed by atoms with Crippen molar-refractivity contribution < 1.29 is 14.3 Å². The number of thioether (sulfide) groups is 2. The summed E-state index contributed by atoms with van der Waals surface area (Å²) in [6.45, 7) is 8.89. The van der Waals surface area contributed by atoms with Gasteiger partial charge in [-0.05, 0) is 86.4 Å². The summed E-state index contributed by atoms with van der Waals surface area (Å²) in [5.74, 6) is 5.67. The molecule has 3 nitrogen and oxygen atoms in total. The van der Waals surface area contributed by atoms with E-state index in [0.717, 1.165) is 25.7 Å². The van der Waals surface area contributed by atoms with Gasteiger partial charge in [-0.1, -0.05) is 13.8 Å². The minimum Gasteiger partial charge on any atom is -0.463 e. The molecule has 5 rings (SSSR count). The molecule has 0 aromatic heterocycles. The van der Waals surface area contributed by atoms with Crippen LogP contribution in [0.4, 0.5) is 0 Å². The number of carbonyl (C=O) groups excluding carboxylic acids is 2. The predicted molar refractivity (Wildman–Crippen MR) is 124 cm³/mol. The average Bonchev–Trinajstić information content (AvgIpc) is 3.25. The molecule has 5 aliphatic rings. The summed E-state index contributed by atoms with van der Waals surface area (Å²) in [5.41, 5.74) is 0.298. The van der Waals surface area contributed by atoms with E-state index in [1.54, 1.807) is 0 Å². The summed E-state index contributed by atoms with van der Waals surface area (Å²) < 4.78 is 5.89. The molecule has 1 aliphatic heterocycles. The maximum Gasteiger partial charge on any atom is 0.302 e. The van der Waals surface area contributed by atoms with Crippen molar-refractivity contribution in [1.82, 2.24) is 0 Å². The molecule has 4 saturated carbocycles. The zero-order valence-corrected chi connectivity index (χ0v) is 20.7. The van der Waals surface area contributed by atoms with Crippen LogP contribution in [0.5, 0.6) is 0 Å². The fraction of sp³-hybridized carbons (Fsp3) is 0.920. The first-order chi connectivity index (χ1) is 14.2. The van der Waals surface area contributed by atoms with Gasteiger partial charge in [0.05, 0.1) is 4.08 Å². The Kier molecular flexibility index (Phi) is 5.37. The summed E-state index contributed by atoms with van der Waals surface area (Å²) >= 11 is 4.32. The van der Waals surface area contributed by atoms with Gasteiger partial charge in [0.15, 0.2) is 0 Å². The van der Waals surface area contributed by atoms with E-state index in [2.05, 4.69) is 44.3 Å². The second-order valence-electron chi connectivity index (χ2n) is 11.5. The van der Waals surface area contributed by atoms with Gasteiger partial charge in [0, 0.05) is 30.8 Å². The third-order valence-electron chi connectivity index (χ3n) is 10.1. The van der Waals surface area contributed by atoms with E-state index in [9.17, 15) is 9.59 Å². The van der Waals surface area contributed by atoms with Gasteiger partial charge in [-0.15, -0.1) is 23.5 Å². The van der Waals surface area contributed by atoms with E-state index in [4.69, 9.17) is 4.74 Å². The van der Waals surface area contributed by atoms with E-state index in [0.29, 0.717) is 33.5 Å². The highest BCUT2D eigenvalue weighted by molar-refractivity contribution is 8.21. The smallest absolute Gasteiger partial charge is 0.302 e. The fourth-order valence-electron chi connectivity index (χ4n) is 8.97. The first-order valence-electron chi connectivity index (χ1n) is 12.2. The second kappa shape index (κ2) is 7.43. The van der Waals surface area contributed by atoms with Crippen LogP contribution in [0, 0.1) is 40.4 Å². The Morgan fingerprint density at radius 3 is 2.43 bits per heavy atom.